The summed E-state index contributed by atoms with van der Waals surface area (Å²) in [5, 5.41) is 12.2. The maximum absolute atomic E-state index is 12.6. The summed E-state index contributed by atoms with van der Waals surface area (Å²) in [4.78, 5) is 12.6. The molecule has 32 heavy (non-hydrogen) atoms. The number of nitrogens with zero attached hydrogens (tertiary/aromatic N) is 3. The van der Waals surface area contributed by atoms with Gasteiger partial charge in [-0.05, 0) is 44.2 Å². The molecular formula is C23H26N4O4S. The lowest BCUT2D eigenvalue weighted by Gasteiger charge is -2.12. The van der Waals surface area contributed by atoms with Crippen molar-refractivity contribution in [3.05, 3.63) is 59.4 Å². The van der Waals surface area contributed by atoms with Gasteiger partial charge in [0.25, 0.3) is 0 Å². The molecule has 0 fully saturated rings. The van der Waals surface area contributed by atoms with Crippen molar-refractivity contribution >= 4 is 17.7 Å². The first-order valence-electron chi connectivity index (χ1n) is 10.4. The van der Waals surface area contributed by atoms with Crippen LogP contribution in [0.5, 0.6) is 17.2 Å². The number of benzene rings is 2. The topological polar surface area (TPSA) is 87.5 Å². The molecule has 8 nitrogen and oxygen atoms in total. The minimum Gasteiger partial charge on any atom is -0.497 e. The van der Waals surface area contributed by atoms with Crippen molar-refractivity contribution in [1.29, 1.82) is 0 Å². The van der Waals surface area contributed by atoms with Crippen molar-refractivity contribution in [2.45, 2.75) is 38.2 Å². The number of thioether (sulfide) groups is 1. The second kappa shape index (κ2) is 9.95. The molecule has 2 aromatic carbocycles. The van der Waals surface area contributed by atoms with Gasteiger partial charge >= 0.3 is 0 Å². The predicted octanol–water partition coefficient (Wildman–Crippen LogP) is 3.54. The zero-order chi connectivity index (χ0) is 22.5. The number of rotatable bonds is 9. The van der Waals surface area contributed by atoms with Gasteiger partial charge in [-0.15, -0.1) is 10.2 Å². The quantitative estimate of drug-likeness (QED) is 0.495. The first kappa shape index (κ1) is 22.0. The molecule has 9 heteroatoms. The van der Waals surface area contributed by atoms with Crippen LogP contribution in [0.2, 0.25) is 0 Å². The second-order valence-corrected chi connectivity index (χ2v) is 8.31. The average Bonchev–Trinajstić information content (AvgIpc) is 3.40. The predicted molar refractivity (Wildman–Crippen MR) is 121 cm³/mol. The monoisotopic (exact) mass is 454 g/mol. The number of amides is 1. The Hall–Kier alpha value is -3.20. The fraction of sp³-hybridized carbons (Fsp3) is 0.348. The summed E-state index contributed by atoms with van der Waals surface area (Å²) < 4.78 is 18.7. The smallest absolute Gasteiger partial charge is 0.231 e. The number of methoxy groups -OCH3 is 1. The molecule has 1 amide bonds. The van der Waals surface area contributed by atoms with Crippen LogP contribution in [0.1, 0.15) is 29.9 Å². The van der Waals surface area contributed by atoms with Crippen LogP contribution in [-0.2, 0) is 17.9 Å². The van der Waals surface area contributed by atoms with Crippen LogP contribution >= 0.6 is 11.8 Å². The number of hydrogen-bond donors (Lipinski definition) is 1. The van der Waals surface area contributed by atoms with Crippen molar-refractivity contribution in [2.75, 3.05) is 19.5 Å². The van der Waals surface area contributed by atoms with Gasteiger partial charge in [0.05, 0.1) is 18.9 Å². The van der Waals surface area contributed by atoms with Crippen LogP contribution in [0.25, 0.3) is 0 Å². The van der Waals surface area contributed by atoms with E-state index >= 15 is 0 Å². The average molecular weight is 455 g/mol. The molecule has 1 N–H and O–H groups in total. The summed E-state index contributed by atoms with van der Waals surface area (Å²) in [5.74, 6) is 3.15. The van der Waals surface area contributed by atoms with Crippen molar-refractivity contribution in [2.24, 2.45) is 0 Å². The Kier molecular flexibility index (Phi) is 6.84. The van der Waals surface area contributed by atoms with E-state index in [1.54, 1.807) is 7.11 Å². The third-order valence-electron chi connectivity index (χ3n) is 5.16. The number of ether oxygens (including phenoxy) is 3. The molecule has 4 rings (SSSR count). The molecule has 0 bridgehead atoms. The van der Waals surface area contributed by atoms with Crippen LogP contribution in [0.15, 0.2) is 47.6 Å². The van der Waals surface area contributed by atoms with E-state index in [0.717, 1.165) is 28.6 Å². The Bertz CT molecular complexity index is 1080. The number of carbonyl (C=O) groups is 1. The van der Waals surface area contributed by atoms with Crippen LogP contribution in [0, 0.1) is 6.92 Å². The Balaban J connectivity index is 1.33. The Labute approximate surface area is 191 Å². The zero-order valence-corrected chi connectivity index (χ0v) is 19.1. The molecule has 168 valence electrons. The van der Waals surface area contributed by atoms with Crippen LogP contribution in [-0.4, -0.2) is 40.1 Å². The molecule has 1 aliphatic rings. The highest BCUT2D eigenvalue weighted by atomic mass is 32.2. The van der Waals surface area contributed by atoms with Gasteiger partial charge in [0.15, 0.2) is 11.0 Å². The van der Waals surface area contributed by atoms with Gasteiger partial charge in [0.1, 0.15) is 30.5 Å². The molecule has 1 aliphatic heterocycles. The number of fused-ring (bicyclic) bond motifs is 1. The van der Waals surface area contributed by atoms with Crippen LogP contribution in [0.4, 0.5) is 0 Å². The Morgan fingerprint density at radius 3 is 2.75 bits per heavy atom. The van der Waals surface area contributed by atoms with Crippen LogP contribution < -0.4 is 19.5 Å². The van der Waals surface area contributed by atoms with Gasteiger partial charge in [-0.3, -0.25) is 4.79 Å². The number of nitrogens with one attached hydrogen (secondary N) is 1. The van der Waals surface area contributed by atoms with Gasteiger partial charge in [0.2, 0.25) is 5.91 Å². The number of aromatic nitrogens is 3. The lowest BCUT2D eigenvalue weighted by molar-refractivity contribution is -0.119. The fourth-order valence-corrected chi connectivity index (χ4v) is 4.27. The molecule has 1 atom stereocenters. The second-order valence-electron chi connectivity index (χ2n) is 7.37. The van der Waals surface area contributed by atoms with Gasteiger partial charge in [-0.1, -0.05) is 29.5 Å². The molecule has 2 heterocycles. The van der Waals surface area contributed by atoms with Gasteiger partial charge in [-0.2, -0.15) is 0 Å². The van der Waals surface area contributed by atoms with E-state index in [0.29, 0.717) is 24.9 Å². The summed E-state index contributed by atoms with van der Waals surface area (Å²) in [5.41, 5.74) is 2.10. The number of carbonyl (C=O) groups excluding carboxylic acids is 1. The van der Waals surface area contributed by atoms with E-state index in [-0.39, 0.29) is 17.7 Å². The third-order valence-corrected chi connectivity index (χ3v) is 6.13. The summed E-state index contributed by atoms with van der Waals surface area (Å²) >= 11 is 1.35. The summed E-state index contributed by atoms with van der Waals surface area (Å²) in [6.45, 7) is 5.46. The van der Waals surface area contributed by atoms with E-state index in [2.05, 4.69) is 15.5 Å². The molecule has 3 aromatic rings. The highest BCUT2D eigenvalue weighted by Crippen LogP contribution is 2.35. The highest BCUT2D eigenvalue weighted by Gasteiger charge is 2.26. The van der Waals surface area contributed by atoms with Crippen molar-refractivity contribution < 1.29 is 19.0 Å². The van der Waals surface area contributed by atoms with Gasteiger partial charge in [-0.25, -0.2) is 0 Å². The molecule has 1 unspecified atom stereocenters. The maximum Gasteiger partial charge on any atom is 0.231 e. The molecule has 0 radical (unpaired) electrons. The molecule has 0 saturated heterocycles. The third kappa shape index (κ3) is 4.99. The lowest BCUT2D eigenvalue weighted by atomic mass is 10.1. The standard InChI is InChI=1S/C23H26N4O4S/c1-4-27-21(13-30-16-7-5-15(2)6-8-16)25-26-23(27)32-14-22(28)24-19-12-31-20-10-9-17(29-3)11-18(19)20/h5-11,19H,4,12-14H2,1-3H3,(H,24,28). The number of hydrogen-bond acceptors (Lipinski definition) is 7. The minimum absolute atomic E-state index is 0.0950. The highest BCUT2D eigenvalue weighted by molar-refractivity contribution is 7.99. The van der Waals surface area contributed by atoms with Gasteiger partial charge in [0, 0.05) is 12.1 Å². The van der Waals surface area contributed by atoms with Crippen molar-refractivity contribution in [3.8, 4) is 17.2 Å². The summed E-state index contributed by atoms with van der Waals surface area (Å²) in [6, 6.07) is 13.3. The van der Waals surface area contributed by atoms with E-state index in [1.165, 1.54) is 17.3 Å². The van der Waals surface area contributed by atoms with Crippen molar-refractivity contribution in [1.82, 2.24) is 20.1 Å². The van der Waals surface area contributed by atoms with Crippen LogP contribution in [0.3, 0.4) is 0 Å². The Morgan fingerprint density at radius 1 is 1.22 bits per heavy atom. The van der Waals surface area contributed by atoms with Crippen molar-refractivity contribution in [3.63, 3.8) is 0 Å². The zero-order valence-electron chi connectivity index (χ0n) is 18.3. The van der Waals surface area contributed by atoms with E-state index < -0.39 is 0 Å². The molecule has 0 spiro atoms. The molecule has 1 aromatic heterocycles. The molecular weight excluding hydrogens is 428 g/mol. The van der Waals surface area contributed by atoms with E-state index in [4.69, 9.17) is 14.2 Å². The normalized spacial score (nSPS) is 14.5. The summed E-state index contributed by atoms with van der Waals surface area (Å²) in [6.07, 6.45) is 0. The van der Waals surface area contributed by atoms with E-state index in [9.17, 15) is 4.79 Å². The minimum atomic E-state index is -0.198. The largest absolute Gasteiger partial charge is 0.497 e. The Morgan fingerprint density at radius 2 is 2.00 bits per heavy atom. The summed E-state index contributed by atoms with van der Waals surface area (Å²) in [7, 11) is 1.62. The molecule has 0 aliphatic carbocycles. The molecule has 0 saturated carbocycles. The fourth-order valence-electron chi connectivity index (χ4n) is 3.44. The van der Waals surface area contributed by atoms with E-state index in [1.807, 2.05) is 60.9 Å². The first-order chi connectivity index (χ1) is 15.6. The van der Waals surface area contributed by atoms with Gasteiger partial charge < -0.3 is 24.1 Å². The SMILES string of the molecule is CCn1c(COc2ccc(C)cc2)nnc1SCC(=O)NC1COc2ccc(OC)cc21. The first-order valence-corrected chi connectivity index (χ1v) is 11.4. The number of aryl methyl sites for hydroxylation is 1. The maximum atomic E-state index is 12.6. The lowest BCUT2D eigenvalue weighted by Crippen LogP contribution is -2.30.